The number of carboxylic acids is 1. The predicted molar refractivity (Wildman–Crippen MR) is 70.7 cm³/mol. The van der Waals surface area contributed by atoms with Gasteiger partial charge in [0.25, 0.3) is 0 Å². The minimum absolute atomic E-state index is 0.370. The van der Waals surface area contributed by atoms with Crippen LogP contribution in [-0.2, 0) is 18.9 Å². The van der Waals surface area contributed by atoms with Gasteiger partial charge in [0.15, 0.2) is 6.10 Å². The summed E-state index contributed by atoms with van der Waals surface area (Å²) in [6.07, 6.45) is 4.19. The van der Waals surface area contributed by atoms with Crippen molar-refractivity contribution in [1.29, 1.82) is 0 Å². The zero-order chi connectivity index (χ0) is 16.2. The summed E-state index contributed by atoms with van der Waals surface area (Å²) in [6, 6.07) is 0. The number of phosphoric acid groups is 1. The molecule has 0 aromatic heterocycles. The molecular formula is C11H21O8P. The molecule has 0 aliphatic heterocycles. The van der Waals surface area contributed by atoms with Crippen LogP contribution in [0.3, 0.4) is 0 Å². The molecule has 0 aromatic rings. The highest BCUT2D eigenvalue weighted by atomic mass is 31.2. The smallest absolute Gasteiger partial charge is 0.466 e. The highest BCUT2D eigenvalue weighted by molar-refractivity contribution is 7.45. The average Bonchev–Trinajstić information content (AvgIpc) is 2.30. The molecule has 9 heteroatoms. The van der Waals surface area contributed by atoms with E-state index in [2.05, 4.69) is 18.2 Å². The summed E-state index contributed by atoms with van der Waals surface area (Å²) < 4.78 is 13.6. The van der Waals surface area contributed by atoms with Gasteiger partial charge in [0.1, 0.15) is 0 Å². The molecule has 4 N–H and O–H groups in total. The van der Waals surface area contributed by atoms with E-state index in [-0.39, 0.29) is 0 Å². The first-order valence-electron chi connectivity index (χ1n) is 5.96. The van der Waals surface area contributed by atoms with E-state index >= 15 is 0 Å². The van der Waals surface area contributed by atoms with E-state index in [9.17, 15) is 9.59 Å². The molecule has 0 amide bonds. The van der Waals surface area contributed by atoms with Crippen LogP contribution in [0.25, 0.3) is 0 Å². The molecule has 1 unspecified atom stereocenters. The second-order valence-electron chi connectivity index (χ2n) is 3.83. The lowest BCUT2D eigenvalue weighted by atomic mass is 10.1. The van der Waals surface area contributed by atoms with Crippen LogP contribution in [0.1, 0.15) is 39.0 Å². The molecule has 1 atom stereocenters. The topological polar surface area (TPSA) is 141 Å². The normalized spacial score (nSPS) is 11.8. The number of unbranched alkanes of at least 4 members (excludes halogenated alkanes) is 3. The molecule has 0 aliphatic rings. The van der Waals surface area contributed by atoms with E-state index in [1.165, 1.54) is 0 Å². The molecule has 0 saturated carbocycles. The van der Waals surface area contributed by atoms with Crippen molar-refractivity contribution >= 4 is 19.8 Å². The molecule has 0 fully saturated rings. The zero-order valence-electron chi connectivity index (χ0n) is 11.3. The third-order valence-corrected chi connectivity index (χ3v) is 2.02. The minimum Gasteiger partial charge on any atom is -0.479 e. The van der Waals surface area contributed by atoms with Crippen LogP contribution in [0.4, 0.5) is 0 Å². The Morgan fingerprint density at radius 1 is 1.25 bits per heavy atom. The molecule has 0 saturated heterocycles. The van der Waals surface area contributed by atoms with Crippen molar-refractivity contribution in [2.24, 2.45) is 0 Å². The van der Waals surface area contributed by atoms with Crippen LogP contribution in [0, 0.1) is 0 Å². The molecule has 0 aromatic carbocycles. The molecule has 0 rings (SSSR count). The van der Waals surface area contributed by atoms with Crippen molar-refractivity contribution < 1.29 is 38.7 Å². The number of carboxylic acid groups (broad SMARTS) is 1. The number of hydrogen-bond donors (Lipinski definition) is 4. The van der Waals surface area contributed by atoms with E-state index in [0.717, 1.165) is 31.8 Å². The molecule has 0 heterocycles. The Balaban J connectivity index is 0. The third kappa shape index (κ3) is 19.1. The summed E-state index contributed by atoms with van der Waals surface area (Å²) in [6.45, 7) is 5.29. The largest absolute Gasteiger partial charge is 0.479 e. The summed E-state index contributed by atoms with van der Waals surface area (Å²) in [5.41, 5.74) is 0. The lowest BCUT2D eigenvalue weighted by Crippen LogP contribution is -2.26. The minimum atomic E-state index is -4.64. The summed E-state index contributed by atoms with van der Waals surface area (Å²) in [5.74, 6) is -1.78. The Bertz CT molecular complexity index is 340. The van der Waals surface area contributed by atoms with Crippen LogP contribution in [0.15, 0.2) is 12.7 Å². The molecule has 8 nitrogen and oxygen atoms in total. The first-order valence-corrected chi connectivity index (χ1v) is 7.52. The van der Waals surface area contributed by atoms with Gasteiger partial charge in [-0.15, -0.1) is 0 Å². The number of ether oxygens (including phenoxy) is 1. The van der Waals surface area contributed by atoms with Gasteiger partial charge < -0.3 is 24.5 Å². The van der Waals surface area contributed by atoms with Crippen molar-refractivity contribution in [2.45, 2.75) is 45.1 Å². The highest BCUT2D eigenvalue weighted by Gasteiger charge is 2.20. The standard InChI is InChI=1S/C11H18O4.H3O4P/c1-3-5-6-7-8-9(11(13)14)15-10(12)4-2;1-5(2,3)4/h4,9H,2-3,5-8H2,1H3,(H,13,14);(H3,1,2,3,4). The van der Waals surface area contributed by atoms with Crippen LogP contribution in [0.5, 0.6) is 0 Å². The maximum atomic E-state index is 10.8. The fourth-order valence-corrected chi connectivity index (χ4v) is 1.18. The first kappa shape index (κ1) is 21.1. The van der Waals surface area contributed by atoms with Gasteiger partial charge >= 0.3 is 19.8 Å². The van der Waals surface area contributed by atoms with Gasteiger partial charge in [-0.3, -0.25) is 0 Å². The van der Waals surface area contributed by atoms with E-state index in [1.54, 1.807) is 0 Å². The Morgan fingerprint density at radius 2 is 1.75 bits per heavy atom. The van der Waals surface area contributed by atoms with Crippen LogP contribution in [-0.4, -0.2) is 37.8 Å². The second kappa shape index (κ2) is 11.6. The van der Waals surface area contributed by atoms with Crippen molar-refractivity contribution in [3.63, 3.8) is 0 Å². The van der Waals surface area contributed by atoms with Crippen molar-refractivity contribution in [1.82, 2.24) is 0 Å². The number of aliphatic carboxylic acids is 1. The van der Waals surface area contributed by atoms with Crippen molar-refractivity contribution in [2.75, 3.05) is 0 Å². The average molecular weight is 312 g/mol. The molecule has 20 heavy (non-hydrogen) atoms. The fraction of sp³-hybridized carbons (Fsp3) is 0.636. The zero-order valence-corrected chi connectivity index (χ0v) is 12.2. The van der Waals surface area contributed by atoms with E-state index in [4.69, 9.17) is 24.4 Å². The van der Waals surface area contributed by atoms with E-state index in [1.807, 2.05) is 0 Å². The summed E-state index contributed by atoms with van der Waals surface area (Å²) in [7, 11) is -4.64. The van der Waals surface area contributed by atoms with Crippen LogP contribution >= 0.6 is 7.82 Å². The van der Waals surface area contributed by atoms with Gasteiger partial charge in [-0.25, -0.2) is 14.2 Å². The van der Waals surface area contributed by atoms with Crippen LogP contribution in [0.2, 0.25) is 0 Å². The lowest BCUT2D eigenvalue weighted by molar-refractivity contribution is -0.161. The van der Waals surface area contributed by atoms with Gasteiger partial charge in [0, 0.05) is 6.08 Å². The van der Waals surface area contributed by atoms with Crippen molar-refractivity contribution in [3.8, 4) is 0 Å². The lowest BCUT2D eigenvalue weighted by Gasteiger charge is -2.11. The Labute approximate surface area is 117 Å². The molecule has 0 bridgehead atoms. The number of rotatable bonds is 8. The van der Waals surface area contributed by atoms with E-state index in [0.29, 0.717) is 6.42 Å². The predicted octanol–water partition coefficient (Wildman–Crippen LogP) is 1.21. The van der Waals surface area contributed by atoms with Crippen molar-refractivity contribution in [3.05, 3.63) is 12.7 Å². The number of carbonyl (C=O) groups is 2. The number of hydrogen-bond acceptors (Lipinski definition) is 4. The maximum absolute atomic E-state index is 10.8. The number of carbonyl (C=O) groups excluding carboxylic acids is 1. The van der Waals surface area contributed by atoms with Gasteiger partial charge in [0.05, 0.1) is 0 Å². The monoisotopic (exact) mass is 312 g/mol. The second-order valence-corrected chi connectivity index (χ2v) is 4.86. The van der Waals surface area contributed by atoms with Crippen LogP contribution < -0.4 is 0 Å². The first-order chi connectivity index (χ1) is 9.11. The number of esters is 1. The molecule has 0 radical (unpaired) electrons. The Kier molecular flexibility index (Phi) is 12.2. The fourth-order valence-electron chi connectivity index (χ4n) is 1.18. The quantitative estimate of drug-likeness (QED) is 0.227. The summed E-state index contributed by atoms with van der Waals surface area (Å²) in [4.78, 5) is 43.1. The van der Waals surface area contributed by atoms with Gasteiger partial charge in [-0.1, -0.05) is 32.8 Å². The SMILES string of the molecule is C=CC(=O)OC(CCCCCC)C(=O)O.O=P(O)(O)O. The molecule has 0 aliphatic carbocycles. The molecule has 0 spiro atoms. The van der Waals surface area contributed by atoms with Gasteiger partial charge in [-0.2, -0.15) is 0 Å². The van der Waals surface area contributed by atoms with E-state index < -0.39 is 25.9 Å². The molecule has 118 valence electrons. The summed E-state index contributed by atoms with van der Waals surface area (Å²) >= 11 is 0. The third-order valence-electron chi connectivity index (χ3n) is 2.02. The van der Waals surface area contributed by atoms with Gasteiger partial charge in [-0.05, 0) is 12.8 Å². The Morgan fingerprint density at radius 3 is 2.10 bits per heavy atom. The molecular weight excluding hydrogens is 291 g/mol. The summed E-state index contributed by atoms with van der Waals surface area (Å²) in [5, 5.41) is 8.76. The van der Waals surface area contributed by atoms with Gasteiger partial charge in [0.2, 0.25) is 0 Å². The maximum Gasteiger partial charge on any atom is 0.466 e. The highest BCUT2D eigenvalue weighted by Crippen LogP contribution is 2.25. The Hall–Kier alpha value is -1.21.